The standard InChI is InChI=1S/C28H43NO3SSi/c1-5-15-26(29-33(30)28(2,3)4)34(24-16-8-6-9-17-24,25-18-10-7-11-19-25)23-14-22-32-27-20-12-13-21-31-27/h6-11,16-19,26-27,29H,5,12-15,20-23H2,1-4H3/t26-,27?,33?/m1/s1. The third kappa shape index (κ3) is 7.11. The third-order valence-corrected chi connectivity index (χ3v) is 14.0. The summed E-state index contributed by atoms with van der Waals surface area (Å²) in [6.07, 6.45) is 6.23. The van der Waals surface area contributed by atoms with Crippen molar-refractivity contribution in [1.82, 2.24) is 4.72 Å². The summed E-state index contributed by atoms with van der Waals surface area (Å²) < 4.78 is 28.6. The normalized spacial score (nSPS) is 19.0. The lowest BCUT2D eigenvalue weighted by Gasteiger charge is -2.41. The van der Waals surface area contributed by atoms with Gasteiger partial charge in [0.1, 0.15) is 8.07 Å². The van der Waals surface area contributed by atoms with E-state index in [4.69, 9.17) is 9.47 Å². The number of rotatable bonds is 12. The molecule has 2 aromatic rings. The molecule has 188 valence electrons. The smallest absolute Gasteiger partial charge is 0.157 e. The second-order valence-electron chi connectivity index (χ2n) is 10.3. The van der Waals surface area contributed by atoms with Gasteiger partial charge in [-0.05, 0) is 58.9 Å². The average molecular weight is 502 g/mol. The van der Waals surface area contributed by atoms with Crippen LogP contribution in [0, 0.1) is 0 Å². The maximum Gasteiger partial charge on any atom is 0.157 e. The second-order valence-corrected chi connectivity index (χ2v) is 16.6. The first-order valence-corrected chi connectivity index (χ1v) is 16.3. The molecule has 6 heteroatoms. The van der Waals surface area contributed by atoms with Crippen molar-refractivity contribution in [3.63, 3.8) is 0 Å². The molecule has 1 saturated heterocycles. The maximum absolute atomic E-state index is 13.4. The van der Waals surface area contributed by atoms with Crippen molar-refractivity contribution >= 4 is 29.4 Å². The molecule has 1 aliphatic heterocycles. The van der Waals surface area contributed by atoms with E-state index in [-0.39, 0.29) is 16.7 Å². The van der Waals surface area contributed by atoms with Crippen molar-refractivity contribution in [2.45, 2.75) is 89.0 Å². The van der Waals surface area contributed by atoms with Gasteiger partial charge in [-0.3, -0.25) is 0 Å². The predicted molar refractivity (Wildman–Crippen MR) is 147 cm³/mol. The van der Waals surface area contributed by atoms with Crippen LogP contribution in [-0.4, -0.2) is 42.2 Å². The molecule has 0 bridgehead atoms. The minimum atomic E-state index is -2.35. The highest BCUT2D eigenvalue weighted by Gasteiger charge is 2.45. The number of hydrogen-bond donors (Lipinski definition) is 1. The lowest BCUT2D eigenvalue weighted by atomic mass is 10.2. The molecule has 1 fully saturated rings. The number of benzene rings is 2. The van der Waals surface area contributed by atoms with Crippen molar-refractivity contribution in [3.05, 3.63) is 60.7 Å². The Balaban J connectivity index is 1.97. The fourth-order valence-corrected chi connectivity index (χ4v) is 11.9. The minimum absolute atomic E-state index is 0.0591. The molecule has 1 heterocycles. The summed E-state index contributed by atoms with van der Waals surface area (Å²) in [6, 6.07) is 23.0. The molecular weight excluding hydrogens is 458 g/mol. The number of hydrogen-bond acceptors (Lipinski definition) is 3. The first-order valence-electron chi connectivity index (χ1n) is 12.9. The van der Waals surface area contributed by atoms with Gasteiger partial charge in [-0.2, -0.15) is 0 Å². The molecule has 3 atom stereocenters. The SMILES string of the molecule is CCC[C@H](NS(=O)C(C)(C)C)[Si](CCCOC1CCCCO1)(c1ccccc1)c1ccccc1. The maximum atomic E-state index is 13.4. The van der Waals surface area contributed by atoms with Crippen LogP contribution in [0.1, 0.15) is 66.2 Å². The Morgan fingerprint density at radius 3 is 2.18 bits per heavy atom. The van der Waals surface area contributed by atoms with Gasteiger partial charge in [0.25, 0.3) is 0 Å². The fourth-order valence-electron chi connectivity index (χ4n) is 4.91. The highest BCUT2D eigenvalue weighted by atomic mass is 32.2. The molecule has 4 nitrogen and oxygen atoms in total. The third-order valence-electron chi connectivity index (χ3n) is 6.71. The molecule has 0 spiro atoms. The van der Waals surface area contributed by atoms with E-state index >= 15 is 0 Å². The molecular formula is C28H43NO3SSi. The van der Waals surface area contributed by atoms with Crippen molar-refractivity contribution < 1.29 is 13.7 Å². The Labute approximate surface area is 210 Å². The van der Waals surface area contributed by atoms with Crippen molar-refractivity contribution in [2.75, 3.05) is 13.2 Å². The van der Waals surface area contributed by atoms with E-state index < -0.39 is 19.1 Å². The van der Waals surface area contributed by atoms with Gasteiger partial charge in [-0.25, -0.2) is 8.93 Å². The van der Waals surface area contributed by atoms with Crippen LogP contribution < -0.4 is 15.1 Å². The monoisotopic (exact) mass is 501 g/mol. The van der Waals surface area contributed by atoms with Gasteiger partial charge in [0.2, 0.25) is 0 Å². The summed E-state index contributed by atoms with van der Waals surface area (Å²) in [4.78, 5) is 0. The zero-order valence-electron chi connectivity index (χ0n) is 21.4. The highest BCUT2D eigenvalue weighted by Crippen LogP contribution is 2.24. The van der Waals surface area contributed by atoms with Crippen molar-refractivity contribution in [1.29, 1.82) is 0 Å². The lowest BCUT2D eigenvalue weighted by Crippen LogP contribution is -2.71. The quantitative estimate of drug-likeness (QED) is 0.331. The van der Waals surface area contributed by atoms with Crippen molar-refractivity contribution in [3.8, 4) is 0 Å². The van der Waals surface area contributed by atoms with Crippen molar-refractivity contribution in [2.24, 2.45) is 0 Å². The molecule has 0 radical (unpaired) electrons. The molecule has 34 heavy (non-hydrogen) atoms. The lowest BCUT2D eigenvalue weighted by molar-refractivity contribution is -0.162. The molecule has 0 aliphatic carbocycles. The van der Waals surface area contributed by atoms with Gasteiger partial charge >= 0.3 is 0 Å². The molecule has 0 amide bonds. The fraction of sp³-hybridized carbons (Fsp3) is 0.571. The van der Waals surface area contributed by atoms with Gasteiger partial charge < -0.3 is 9.47 Å². The van der Waals surface area contributed by atoms with Gasteiger partial charge in [0.15, 0.2) is 6.29 Å². The zero-order valence-corrected chi connectivity index (χ0v) is 23.2. The van der Waals surface area contributed by atoms with E-state index in [2.05, 4.69) is 72.3 Å². The van der Waals surface area contributed by atoms with E-state index in [1.165, 1.54) is 16.8 Å². The minimum Gasteiger partial charge on any atom is -0.353 e. The van der Waals surface area contributed by atoms with Crippen LogP contribution in [0.4, 0.5) is 0 Å². The van der Waals surface area contributed by atoms with E-state index in [9.17, 15) is 4.21 Å². The number of nitrogens with one attached hydrogen (secondary N) is 1. The van der Waals surface area contributed by atoms with Crippen LogP contribution >= 0.6 is 0 Å². The van der Waals surface area contributed by atoms with E-state index in [1.807, 2.05) is 20.8 Å². The molecule has 2 aromatic carbocycles. The van der Waals surface area contributed by atoms with Gasteiger partial charge in [-0.15, -0.1) is 0 Å². The molecule has 1 N–H and O–H groups in total. The molecule has 1 aliphatic rings. The summed E-state index contributed by atoms with van der Waals surface area (Å²) in [5.41, 5.74) is 0.160. The van der Waals surface area contributed by atoms with E-state index in [0.717, 1.165) is 44.8 Å². The Hall–Kier alpha value is -1.31. The molecule has 0 saturated carbocycles. The van der Waals surface area contributed by atoms with Crippen LogP contribution in [0.2, 0.25) is 6.04 Å². The zero-order chi connectivity index (χ0) is 24.4. The van der Waals surface area contributed by atoms with Crippen LogP contribution in [0.15, 0.2) is 60.7 Å². The summed E-state index contributed by atoms with van der Waals surface area (Å²) in [5, 5.41) is 2.79. The van der Waals surface area contributed by atoms with E-state index in [1.54, 1.807) is 0 Å². The van der Waals surface area contributed by atoms with Gasteiger partial charge in [0.05, 0.1) is 15.7 Å². The largest absolute Gasteiger partial charge is 0.353 e. The highest BCUT2D eigenvalue weighted by molar-refractivity contribution is 7.84. The predicted octanol–water partition coefficient (Wildman–Crippen LogP) is 4.94. The first-order chi connectivity index (χ1) is 16.4. The Bertz CT molecular complexity index is 827. The average Bonchev–Trinajstić information content (AvgIpc) is 2.85. The van der Waals surface area contributed by atoms with Crippen LogP contribution in [-0.2, 0) is 20.5 Å². The molecule has 3 rings (SSSR count). The van der Waals surface area contributed by atoms with Gasteiger partial charge in [-0.1, -0.05) is 84.4 Å². The van der Waals surface area contributed by atoms with Crippen LogP contribution in [0.5, 0.6) is 0 Å². The summed E-state index contributed by atoms with van der Waals surface area (Å²) in [5.74, 6) is 0. The summed E-state index contributed by atoms with van der Waals surface area (Å²) in [7, 11) is -3.49. The van der Waals surface area contributed by atoms with Gasteiger partial charge in [0, 0.05) is 18.9 Å². The van der Waals surface area contributed by atoms with Crippen LogP contribution in [0.3, 0.4) is 0 Å². The Kier molecular flexibility index (Phi) is 10.5. The first kappa shape index (κ1) is 27.3. The van der Waals surface area contributed by atoms with E-state index in [0.29, 0.717) is 6.61 Å². The van der Waals surface area contributed by atoms with Crippen LogP contribution in [0.25, 0.3) is 0 Å². The Morgan fingerprint density at radius 1 is 1.06 bits per heavy atom. The summed E-state index contributed by atoms with van der Waals surface area (Å²) in [6.45, 7) is 9.87. The number of ether oxygens (including phenoxy) is 2. The topological polar surface area (TPSA) is 47.6 Å². The molecule has 0 aromatic heterocycles. The Morgan fingerprint density at radius 2 is 1.68 bits per heavy atom. The molecule has 2 unspecified atom stereocenters. The second kappa shape index (κ2) is 13.1. The summed E-state index contributed by atoms with van der Waals surface area (Å²) >= 11 is 0.